The van der Waals surface area contributed by atoms with Crippen LogP contribution in [0.2, 0.25) is 0 Å². The zero-order valence-electron chi connectivity index (χ0n) is 16.1. The van der Waals surface area contributed by atoms with E-state index in [1.165, 1.54) is 13.3 Å². The van der Waals surface area contributed by atoms with Crippen molar-refractivity contribution >= 4 is 6.21 Å². The second-order valence-corrected chi connectivity index (χ2v) is 5.68. The Morgan fingerprint density at radius 1 is 1.00 bits per heavy atom. The maximum Gasteiger partial charge on any atom is 0.316 e. The van der Waals surface area contributed by atoms with Gasteiger partial charge in [-0.3, -0.25) is 0 Å². The molecule has 0 bridgehead atoms. The number of oxime groups is 1. The van der Waals surface area contributed by atoms with Crippen LogP contribution < -0.4 is 14.2 Å². The number of benzene rings is 1. The minimum atomic E-state index is 0.286. The van der Waals surface area contributed by atoms with Crippen molar-refractivity contribution in [2.75, 3.05) is 26.9 Å². The largest absolute Gasteiger partial charge is 0.490 e. The summed E-state index contributed by atoms with van der Waals surface area (Å²) < 4.78 is 17.0. The van der Waals surface area contributed by atoms with Gasteiger partial charge in [0.15, 0.2) is 0 Å². The second-order valence-electron chi connectivity index (χ2n) is 5.68. The van der Waals surface area contributed by atoms with E-state index in [1.54, 1.807) is 12.4 Å². The summed E-state index contributed by atoms with van der Waals surface area (Å²) in [6.07, 6.45) is 8.65. The fourth-order valence-electron chi connectivity index (χ4n) is 2.32. The van der Waals surface area contributed by atoms with Gasteiger partial charge in [0.1, 0.15) is 38.4 Å². The number of hydrogen-bond donors (Lipinski definition) is 0. The Kier molecular flexibility index (Phi) is 8.09. The summed E-state index contributed by atoms with van der Waals surface area (Å²) in [5.41, 5.74) is 2.76. The third-order valence-electron chi connectivity index (χ3n) is 3.53. The zero-order valence-corrected chi connectivity index (χ0v) is 16.1. The van der Waals surface area contributed by atoms with E-state index in [0.717, 1.165) is 28.2 Å². The van der Waals surface area contributed by atoms with E-state index in [0.29, 0.717) is 19.8 Å². The number of rotatable bonds is 10. The van der Waals surface area contributed by atoms with Crippen LogP contribution in [0, 0.1) is 13.8 Å². The maximum atomic E-state index is 5.86. The summed E-state index contributed by atoms with van der Waals surface area (Å²) in [5.74, 6) is 1.67. The third kappa shape index (κ3) is 6.62. The van der Waals surface area contributed by atoms with Crippen molar-refractivity contribution in [3.05, 3.63) is 53.4 Å². The number of aryl methyl sites for hydroxylation is 2. The molecule has 0 aliphatic heterocycles. The number of allylic oxidation sites excluding steroid dienone is 1. The minimum Gasteiger partial charge on any atom is -0.490 e. The first kappa shape index (κ1) is 20.2. The molecule has 0 radical (unpaired) electrons. The molecule has 144 valence electrons. The summed E-state index contributed by atoms with van der Waals surface area (Å²) in [5, 5.41) is 3.65. The van der Waals surface area contributed by atoms with Gasteiger partial charge in [0.25, 0.3) is 0 Å². The first-order valence-corrected chi connectivity index (χ1v) is 8.63. The molecule has 0 amide bonds. The third-order valence-corrected chi connectivity index (χ3v) is 3.53. The molecule has 2 aromatic rings. The molecule has 0 atom stereocenters. The van der Waals surface area contributed by atoms with Gasteiger partial charge < -0.3 is 19.0 Å². The molecule has 1 aromatic carbocycles. The number of ether oxygens (including phenoxy) is 3. The van der Waals surface area contributed by atoms with Gasteiger partial charge in [-0.15, -0.1) is 0 Å². The van der Waals surface area contributed by atoms with E-state index in [1.807, 2.05) is 45.1 Å². The van der Waals surface area contributed by atoms with E-state index in [4.69, 9.17) is 14.2 Å². The standard InChI is InChI=1S/C20H25N3O4/c1-5-6-7-25-18-10-15(2)19(16(3)11-18)26-8-9-27-20-21-12-17(13-22-20)14-23-24-4/h5-6,10-14H,7-9H2,1-4H3/b6-5+,23-14+. The van der Waals surface area contributed by atoms with Crippen LogP contribution in [0.25, 0.3) is 0 Å². The van der Waals surface area contributed by atoms with Gasteiger partial charge >= 0.3 is 6.01 Å². The Morgan fingerprint density at radius 2 is 1.67 bits per heavy atom. The van der Waals surface area contributed by atoms with Crippen molar-refractivity contribution < 1.29 is 19.0 Å². The van der Waals surface area contributed by atoms with Crippen molar-refractivity contribution in [1.82, 2.24) is 9.97 Å². The lowest BCUT2D eigenvalue weighted by Crippen LogP contribution is -2.12. The lowest BCUT2D eigenvalue weighted by Gasteiger charge is -2.14. The summed E-state index contributed by atoms with van der Waals surface area (Å²) in [6, 6.07) is 4.22. The van der Waals surface area contributed by atoms with Crippen LogP contribution in [0.4, 0.5) is 0 Å². The van der Waals surface area contributed by atoms with Crippen molar-refractivity contribution in [2.24, 2.45) is 5.16 Å². The highest BCUT2D eigenvalue weighted by Gasteiger charge is 2.08. The Labute approximate surface area is 159 Å². The van der Waals surface area contributed by atoms with Gasteiger partial charge in [0.2, 0.25) is 0 Å². The van der Waals surface area contributed by atoms with Crippen molar-refractivity contribution in [2.45, 2.75) is 20.8 Å². The van der Waals surface area contributed by atoms with Crippen molar-refractivity contribution in [1.29, 1.82) is 0 Å². The molecule has 7 nitrogen and oxygen atoms in total. The fourth-order valence-corrected chi connectivity index (χ4v) is 2.32. The molecule has 0 aliphatic rings. The SMILES string of the molecule is C/C=C/COc1cc(C)c(OCCOc2ncc(/C=N/OC)cn2)c(C)c1. The first-order valence-electron chi connectivity index (χ1n) is 8.63. The Balaban J connectivity index is 1.83. The lowest BCUT2D eigenvalue weighted by atomic mass is 10.1. The highest BCUT2D eigenvalue weighted by atomic mass is 16.6. The first-order chi connectivity index (χ1) is 13.1. The smallest absolute Gasteiger partial charge is 0.316 e. The molecule has 0 fully saturated rings. The molecular weight excluding hydrogens is 346 g/mol. The number of aromatic nitrogens is 2. The minimum absolute atomic E-state index is 0.286. The monoisotopic (exact) mass is 371 g/mol. The summed E-state index contributed by atoms with van der Waals surface area (Å²) in [7, 11) is 1.47. The Bertz CT molecular complexity index is 750. The molecule has 0 aliphatic carbocycles. The molecule has 0 spiro atoms. The predicted octanol–water partition coefficient (Wildman–Crippen LogP) is 3.49. The highest BCUT2D eigenvalue weighted by Crippen LogP contribution is 2.28. The van der Waals surface area contributed by atoms with E-state index in [-0.39, 0.29) is 6.01 Å². The maximum absolute atomic E-state index is 5.86. The lowest BCUT2D eigenvalue weighted by molar-refractivity contribution is 0.204. The highest BCUT2D eigenvalue weighted by molar-refractivity contribution is 5.77. The van der Waals surface area contributed by atoms with Gasteiger partial charge in [-0.25, -0.2) is 9.97 Å². The van der Waals surface area contributed by atoms with E-state index in [2.05, 4.69) is 20.0 Å². The zero-order chi connectivity index (χ0) is 19.5. The topological polar surface area (TPSA) is 75.1 Å². The molecule has 7 heteroatoms. The van der Waals surface area contributed by atoms with E-state index >= 15 is 0 Å². The van der Waals surface area contributed by atoms with Gasteiger partial charge in [-0.1, -0.05) is 17.3 Å². The quantitative estimate of drug-likeness (QED) is 0.275. The predicted molar refractivity (Wildman–Crippen MR) is 104 cm³/mol. The Hall–Kier alpha value is -3.09. The van der Waals surface area contributed by atoms with Gasteiger partial charge in [0, 0.05) is 18.0 Å². The van der Waals surface area contributed by atoms with Crippen LogP contribution in [0.5, 0.6) is 17.5 Å². The Morgan fingerprint density at radius 3 is 2.30 bits per heavy atom. The summed E-state index contributed by atoms with van der Waals surface area (Å²) in [4.78, 5) is 12.8. The van der Waals surface area contributed by atoms with E-state index in [9.17, 15) is 0 Å². The average Bonchev–Trinajstić information content (AvgIpc) is 2.66. The van der Waals surface area contributed by atoms with Gasteiger partial charge in [0.05, 0.1) is 6.21 Å². The molecule has 27 heavy (non-hydrogen) atoms. The average molecular weight is 371 g/mol. The molecule has 1 aromatic heterocycles. The van der Waals surface area contributed by atoms with Crippen LogP contribution >= 0.6 is 0 Å². The van der Waals surface area contributed by atoms with Gasteiger partial charge in [-0.05, 0) is 44.0 Å². The van der Waals surface area contributed by atoms with Crippen LogP contribution in [0.3, 0.4) is 0 Å². The summed E-state index contributed by atoms with van der Waals surface area (Å²) >= 11 is 0. The number of nitrogens with zero attached hydrogens (tertiary/aromatic N) is 3. The van der Waals surface area contributed by atoms with Crippen LogP contribution in [-0.2, 0) is 4.84 Å². The second kappa shape index (κ2) is 10.8. The molecule has 0 saturated heterocycles. The van der Waals surface area contributed by atoms with Crippen molar-refractivity contribution in [3.8, 4) is 17.5 Å². The molecule has 0 N–H and O–H groups in total. The van der Waals surface area contributed by atoms with Gasteiger partial charge in [-0.2, -0.15) is 0 Å². The van der Waals surface area contributed by atoms with Crippen molar-refractivity contribution in [3.63, 3.8) is 0 Å². The summed E-state index contributed by atoms with van der Waals surface area (Å²) in [6.45, 7) is 7.23. The van der Waals surface area contributed by atoms with E-state index < -0.39 is 0 Å². The van der Waals surface area contributed by atoms with Crippen LogP contribution in [0.1, 0.15) is 23.6 Å². The molecule has 0 saturated carbocycles. The molecule has 2 rings (SSSR count). The van der Waals surface area contributed by atoms with Crippen LogP contribution in [0.15, 0.2) is 41.8 Å². The van der Waals surface area contributed by atoms with Crippen LogP contribution in [-0.4, -0.2) is 43.1 Å². The normalized spacial score (nSPS) is 11.1. The fraction of sp³-hybridized carbons (Fsp3) is 0.350. The molecule has 0 unspecified atom stereocenters. The molecular formula is C20H25N3O4. The molecule has 1 heterocycles. The number of hydrogen-bond acceptors (Lipinski definition) is 7.